The van der Waals surface area contributed by atoms with E-state index < -0.39 is 0 Å². The summed E-state index contributed by atoms with van der Waals surface area (Å²) in [6.45, 7) is 1.97. The van der Waals surface area contributed by atoms with Gasteiger partial charge in [-0.15, -0.1) is 0 Å². The topological polar surface area (TPSA) is 50.7 Å². The zero-order valence-electron chi connectivity index (χ0n) is 10.6. The van der Waals surface area contributed by atoms with Crippen LogP contribution >= 0.6 is 27.5 Å². The predicted octanol–water partition coefficient (Wildman–Crippen LogP) is 4.49. The molecule has 0 spiro atoms. The van der Waals surface area contributed by atoms with Gasteiger partial charge >= 0.3 is 0 Å². The van der Waals surface area contributed by atoms with Gasteiger partial charge in [-0.3, -0.25) is 4.98 Å². The highest BCUT2D eigenvalue weighted by atomic mass is 79.9. The Bertz CT molecular complexity index is 791. The summed E-state index contributed by atoms with van der Waals surface area (Å²) in [6.07, 6.45) is 1.61. The zero-order valence-corrected chi connectivity index (χ0v) is 12.9. The molecule has 0 aliphatic carbocycles. The van der Waals surface area contributed by atoms with Crippen molar-refractivity contribution in [1.29, 1.82) is 0 Å². The molecule has 0 amide bonds. The molecule has 3 rings (SSSR count). The molecule has 0 saturated heterocycles. The van der Waals surface area contributed by atoms with Crippen LogP contribution in [0.3, 0.4) is 0 Å². The third kappa shape index (κ3) is 2.59. The van der Waals surface area contributed by atoms with E-state index in [4.69, 9.17) is 11.6 Å². The molecule has 4 nitrogen and oxygen atoms in total. The summed E-state index contributed by atoms with van der Waals surface area (Å²) in [5.74, 6) is 0.612. The fourth-order valence-corrected chi connectivity index (χ4v) is 2.33. The highest BCUT2D eigenvalue weighted by molar-refractivity contribution is 9.10. The first-order valence-electron chi connectivity index (χ1n) is 5.95. The van der Waals surface area contributed by atoms with Crippen molar-refractivity contribution >= 4 is 49.9 Å². The van der Waals surface area contributed by atoms with Crippen molar-refractivity contribution in [2.75, 3.05) is 5.32 Å². The second-order valence-electron chi connectivity index (χ2n) is 4.29. The summed E-state index contributed by atoms with van der Waals surface area (Å²) >= 11 is 9.23. The lowest BCUT2D eigenvalue weighted by Crippen LogP contribution is -1.98. The Morgan fingerprint density at radius 3 is 2.85 bits per heavy atom. The molecule has 0 fully saturated rings. The van der Waals surface area contributed by atoms with Gasteiger partial charge in [0.1, 0.15) is 5.82 Å². The number of benzene rings is 1. The van der Waals surface area contributed by atoms with Gasteiger partial charge in [0, 0.05) is 17.3 Å². The average molecular weight is 350 g/mol. The number of rotatable bonds is 2. The van der Waals surface area contributed by atoms with Crippen LogP contribution in [0.5, 0.6) is 0 Å². The van der Waals surface area contributed by atoms with Crippen molar-refractivity contribution in [2.45, 2.75) is 6.92 Å². The van der Waals surface area contributed by atoms with E-state index in [1.807, 2.05) is 37.3 Å². The molecule has 20 heavy (non-hydrogen) atoms. The number of anilines is 2. The van der Waals surface area contributed by atoms with Gasteiger partial charge in [0.2, 0.25) is 5.28 Å². The summed E-state index contributed by atoms with van der Waals surface area (Å²) in [7, 11) is 0. The number of para-hydroxylation sites is 1. The van der Waals surface area contributed by atoms with E-state index in [1.165, 1.54) is 0 Å². The standard InChI is InChI=1S/C14H10BrClN4/c1-8-5-6-9-3-2-4-11(12(9)18-8)19-13-10(15)7-17-14(16)20-13/h2-7H,1H3,(H,17,19,20). The molecule has 0 unspecified atom stereocenters. The lowest BCUT2D eigenvalue weighted by atomic mass is 10.1. The molecule has 0 radical (unpaired) electrons. The van der Waals surface area contributed by atoms with Crippen molar-refractivity contribution in [1.82, 2.24) is 15.0 Å². The SMILES string of the molecule is Cc1ccc2cccc(Nc3nc(Cl)ncc3Br)c2n1. The molecule has 0 saturated carbocycles. The minimum absolute atomic E-state index is 0.195. The molecule has 0 aliphatic rings. The Hall–Kier alpha value is -1.72. The number of hydrogen-bond donors (Lipinski definition) is 1. The van der Waals surface area contributed by atoms with Crippen LogP contribution in [0.4, 0.5) is 11.5 Å². The number of hydrogen-bond acceptors (Lipinski definition) is 4. The molecule has 1 aromatic carbocycles. The number of halogens is 2. The Kier molecular flexibility index (Phi) is 3.54. The molecule has 0 aliphatic heterocycles. The molecule has 0 bridgehead atoms. The van der Waals surface area contributed by atoms with Crippen molar-refractivity contribution in [2.24, 2.45) is 0 Å². The van der Waals surface area contributed by atoms with Crippen molar-refractivity contribution in [3.8, 4) is 0 Å². The molecule has 1 N–H and O–H groups in total. The lowest BCUT2D eigenvalue weighted by molar-refractivity contribution is 1.15. The second kappa shape index (κ2) is 5.34. The monoisotopic (exact) mass is 348 g/mol. The summed E-state index contributed by atoms with van der Waals surface area (Å²) in [4.78, 5) is 12.6. The van der Waals surface area contributed by atoms with Crippen LogP contribution < -0.4 is 5.32 Å². The summed E-state index contributed by atoms with van der Waals surface area (Å²) in [6, 6.07) is 9.99. The number of nitrogens with one attached hydrogen (secondary N) is 1. The first-order chi connectivity index (χ1) is 9.63. The van der Waals surface area contributed by atoms with E-state index in [2.05, 4.69) is 36.2 Å². The van der Waals surface area contributed by atoms with Crippen LogP contribution in [0.2, 0.25) is 5.28 Å². The van der Waals surface area contributed by atoms with E-state index in [-0.39, 0.29) is 5.28 Å². The largest absolute Gasteiger partial charge is 0.337 e. The molecule has 100 valence electrons. The van der Waals surface area contributed by atoms with Crippen molar-refractivity contribution < 1.29 is 0 Å². The van der Waals surface area contributed by atoms with Crippen LogP contribution in [-0.2, 0) is 0 Å². The first kappa shape index (κ1) is 13.3. The van der Waals surface area contributed by atoms with E-state index >= 15 is 0 Å². The van der Waals surface area contributed by atoms with E-state index in [0.717, 1.165) is 26.8 Å². The van der Waals surface area contributed by atoms with Gasteiger partial charge in [-0.25, -0.2) is 4.98 Å². The Morgan fingerprint density at radius 2 is 2.00 bits per heavy atom. The number of pyridine rings is 1. The summed E-state index contributed by atoms with van der Waals surface area (Å²) in [5, 5.41) is 4.50. The van der Waals surface area contributed by atoms with Gasteiger partial charge in [0.05, 0.1) is 15.7 Å². The third-order valence-corrected chi connectivity index (χ3v) is 3.59. The van der Waals surface area contributed by atoms with Crippen LogP contribution in [0, 0.1) is 6.92 Å². The Morgan fingerprint density at radius 1 is 1.15 bits per heavy atom. The Labute approximate surface area is 129 Å². The average Bonchev–Trinajstić information content (AvgIpc) is 2.43. The summed E-state index contributed by atoms with van der Waals surface area (Å²) < 4.78 is 0.742. The maximum atomic E-state index is 5.83. The molecule has 6 heteroatoms. The van der Waals surface area contributed by atoms with Gasteiger partial charge in [-0.05, 0) is 46.6 Å². The number of aromatic nitrogens is 3. The third-order valence-electron chi connectivity index (χ3n) is 2.83. The Balaban J connectivity index is 2.10. The number of aryl methyl sites for hydroxylation is 1. The quantitative estimate of drug-likeness (QED) is 0.692. The van der Waals surface area contributed by atoms with Gasteiger partial charge < -0.3 is 5.32 Å². The molecular weight excluding hydrogens is 340 g/mol. The highest BCUT2D eigenvalue weighted by Gasteiger charge is 2.08. The van der Waals surface area contributed by atoms with E-state index in [0.29, 0.717) is 5.82 Å². The molecule has 2 heterocycles. The smallest absolute Gasteiger partial charge is 0.224 e. The maximum absolute atomic E-state index is 5.83. The minimum Gasteiger partial charge on any atom is -0.337 e. The lowest BCUT2D eigenvalue weighted by Gasteiger charge is -2.10. The van der Waals surface area contributed by atoms with E-state index in [9.17, 15) is 0 Å². The van der Waals surface area contributed by atoms with Crippen LogP contribution in [-0.4, -0.2) is 15.0 Å². The zero-order chi connectivity index (χ0) is 14.1. The van der Waals surface area contributed by atoms with Gasteiger partial charge in [0.15, 0.2) is 0 Å². The number of nitrogens with zero attached hydrogens (tertiary/aromatic N) is 3. The van der Waals surface area contributed by atoms with Crippen molar-refractivity contribution in [3.63, 3.8) is 0 Å². The van der Waals surface area contributed by atoms with Crippen LogP contribution in [0.1, 0.15) is 5.69 Å². The van der Waals surface area contributed by atoms with Gasteiger partial charge in [-0.1, -0.05) is 18.2 Å². The summed E-state index contributed by atoms with van der Waals surface area (Å²) in [5.41, 5.74) is 2.74. The number of fused-ring (bicyclic) bond motifs is 1. The molecule has 3 aromatic rings. The maximum Gasteiger partial charge on any atom is 0.224 e. The predicted molar refractivity (Wildman–Crippen MR) is 84.5 cm³/mol. The minimum atomic E-state index is 0.195. The van der Waals surface area contributed by atoms with E-state index in [1.54, 1.807) is 6.20 Å². The molecular formula is C14H10BrClN4. The van der Waals surface area contributed by atoms with Gasteiger partial charge in [-0.2, -0.15) is 4.98 Å². The second-order valence-corrected chi connectivity index (χ2v) is 5.48. The molecule has 2 aromatic heterocycles. The van der Waals surface area contributed by atoms with Gasteiger partial charge in [0.25, 0.3) is 0 Å². The normalized spacial score (nSPS) is 10.8. The van der Waals surface area contributed by atoms with Crippen LogP contribution in [0.25, 0.3) is 10.9 Å². The fraction of sp³-hybridized carbons (Fsp3) is 0.0714. The fourth-order valence-electron chi connectivity index (χ4n) is 1.91. The molecule has 0 atom stereocenters. The van der Waals surface area contributed by atoms with Crippen molar-refractivity contribution in [3.05, 3.63) is 52.0 Å². The first-order valence-corrected chi connectivity index (χ1v) is 7.12. The highest BCUT2D eigenvalue weighted by Crippen LogP contribution is 2.28. The van der Waals surface area contributed by atoms with Crippen LogP contribution in [0.15, 0.2) is 41.0 Å².